The second kappa shape index (κ2) is 5.68. The molecule has 0 aromatic heterocycles. The Morgan fingerprint density at radius 2 is 2.06 bits per heavy atom. The molecule has 1 heterocycles. The molecule has 4 nitrogen and oxygen atoms in total. The van der Waals surface area contributed by atoms with Gasteiger partial charge in [0.15, 0.2) is 5.96 Å². The van der Waals surface area contributed by atoms with Crippen molar-refractivity contribution in [3.05, 3.63) is 35.4 Å². The predicted molar refractivity (Wildman–Crippen MR) is 68.9 cm³/mol. The van der Waals surface area contributed by atoms with Crippen LogP contribution in [0, 0.1) is 0 Å². The van der Waals surface area contributed by atoms with E-state index in [-0.39, 0.29) is 0 Å². The lowest BCUT2D eigenvalue weighted by atomic mass is 10.1. The van der Waals surface area contributed by atoms with Gasteiger partial charge in [-0.1, -0.05) is 24.3 Å². The highest BCUT2D eigenvalue weighted by atomic mass is 16.5. The molecule has 1 unspecified atom stereocenters. The number of methoxy groups -OCH3 is 1. The third kappa shape index (κ3) is 3.46. The fourth-order valence-electron chi connectivity index (χ4n) is 1.77. The largest absolute Gasteiger partial charge is 0.380 e. The normalized spacial score (nSPS) is 18.7. The van der Waals surface area contributed by atoms with E-state index < -0.39 is 0 Å². The number of hydrogen-bond donors (Lipinski definition) is 2. The van der Waals surface area contributed by atoms with Gasteiger partial charge < -0.3 is 15.4 Å². The van der Waals surface area contributed by atoms with Crippen LogP contribution in [0.2, 0.25) is 0 Å². The van der Waals surface area contributed by atoms with Crippen molar-refractivity contribution in [2.45, 2.75) is 26.1 Å². The summed E-state index contributed by atoms with van der Waals surface area (Å²) in [6.07, 6.45) is 0. The fraction of sp³-hybridized carbons (Fsp3) is 0.462. The van der Waals surface area contributed by atoms with Crippen LogP contribution in [-0.4, -0.2) is 25.7 Å². The van der Waals surface area contributed by atoms with Crippen molar-refractivity contribution >= 4 is 5.96 Å². The Labute approximate surface area is 102 Å². The summed E-state index contributed by atoms with van der Waals surface area (Å²) in [5.74, 6) is 0.901. The minimum Gasteiger partial charge on any atom is -0.380 e. The van der Waals surface area contributed by atoms with Crippen molar-refractivity contribution in [2.24, 2.45) is 4.99 Å². The smallest absolute Gasteiger partial charge is 0.191 e. The molecule has 0 bridgehead atoms. The number of hydrogen-bond acceptors (Lipinski definition) is 4. The highest BCUT2D eigenvalue weighted by Gasteiger charge is 2.11. The van der Waals surface area contributed by atoms with Gasteiger partial charge in [0.1, 0.15) is 0 Å². The summed E-state index contributed by atoms with van der Waals surface area (Å²) in [6, 6.07) is 8.85. The van der Waals surface area contributed by atoms with E-state index in [1.807, 2.05) is 0 Å². The molecular formula is C13H19N3O. The molecule has 1 aliphatic heterocycles. The summed E-state index contributed by atoms with van der Waals surface area (Å²) in [5, 5.41) is 6.56. The lowest BCUT2D eigenvalue weighted by molar-refractivity contribution is 0.185. The van der Waals surface area contributed by atoms with Gasteiger partial charge >= 0.3 is 0 Å². The van der Waals surface area contributed by atoms with Gasteiger partial charge in [-0.15, -0.1) is 0 Å². The standard InChI is InChI=1S/C13H19N3O/c1-10-7-14-13(16-10)15-8-11-3-5-12(6-4-11)9-17-2/h3-6,10H,7-9H2,1-2H3,(H2,14,15,16). The molecule has 1 aromatic carbocycles. The van der Waals surface area contributed by atoms with Crippen LogP contribution in [-0.2, 0) is 17.9 Å². The van der Waals surface area contributed by atoms with Crippen LogP contribution in [0.4, 0.5) is 0 Å². The number of nitrogens with one attached hydrogen (secondary N) is 2. The van der Waals surface area contributed by atoms with Gasteiger partial charge in [0, 0.05) is 19.7 Å². The number of rotatable bonds is 4. The van der Waals surface area contributed by atoms with E-state index in [9.17, 15) is 0 Å². The molecule has 0 amide bonds. The van der Waals surface area contributed by atoms with Gasteiger partial charge in [0.25, 0.3) is 0 Å². The van der Waals surface area contributed by atoms with Gasteiger partial charge in [-0.25, -0.2) is 0 Å². The van der Waals surface area contributed by atoms with Crippen molar-refractivity contribution in [3.8, 4) is 0 Å². The first-order valence-electron chi connectivity index (χ1n) is 5.89. The minimum atomic E-state index is 0.446. The average Bonchev–Trinajstić information content (AvgIpc) is 2.75. The second-order valence-corrected chi connectivity index (χ2v) is 4.34. The van der Waals surface area contributed by atoms with Crippen LogP contribution in [0.1, 0.15) is 18.1 Å². The predicted octanol–water partition coefficient (Wildman–Crippen LogP) is 1.27. The second-order valence-electron chi connectivity index (χ2n) is 4.34. The molecule has 4 heteroatoms. The van der Waals surface area contributed by atoms with E-state index in [4.69, 9.17) is 4.74 Å². The van der Waals surface area contributed by atoms with Crippen molar-refractivity contribution in [1.29, 1.82) is 0 Å². The molecule has 0 fully saturated rings. The molecule has 1 aliphatic rings. The molecule has 0 saturated carbocycles. The van der Waals surface area contributed by atoms with Crippen LogP contribution < -0.4 is 10.6 Å². The number of guanidine groups is 1. The summed E-state index contributed by atoms with van der Waals surface area (Å²) in [4.78, 5) is 4.35. The molecule has 0 spiro atoms. The summed E-state index contributed by atoms with van der Waals surface area (Å²) in [7, 11) is 1.71. The number of nitrogens with zero attached hydrogens (tertiary/aromatic N) is 1. The van der Waals surface area contributed by atoms with E-state index >= 15 is 0 Å². The first-order valence-corrected chi connectivity index (χ1v) is 5.89. The first kappa shape index (κ1) is 11.9. The monoisotopic (exact) mass is 233 g/mol. The fourth-order valence-corrected chi connectivity index (χ4v) is 1.77. The maximum Gasteiger partial charge on any atom is 0.191 e. The van der Waals surface area contributed by atoms with Crippen LogP contribution in [0.25, 0.3) is 0 Å². The summed E-state index contributed by atoms with van der Waals surface area (Å²) in [5.41, 5.74) is 2.44. The molecule has 2 rings (SSSR count). The Hall–Kier alpha value is -1.55. The third-order valence-electron chi connectivity index (χ3n) is 2.70. The lowest BCUT2D eigenvalue weighted by Gasteiger charge is -2.09. The number of aliphatic imine (C=N–C) groups is 1. The van der Waals surface area contributed by atoms with Gasteiger partial charge in [0.2, 0.25) is 0 Å². The first-order chi connectivity index (χ1) is 8.28. The Balaban J connectivity index is 1.83. The minimum absolute atomic E-state index is 0.446. The highest BCUT2D eigenvalue weighted by Crippen LogP contribution is 2.05. The van der Waals surface area contributed by atoms with Crippen LogP contribution in [0.3, 0.4) is 0 Å². The molecule has 0 aliphatic carbocycles. The Morgan fingerprint density at radius 1 is 1.35 bits per heavy atom. The van der Waals surface area contributed by atoms with Crippen LogP contribution >= 0.6 is 0 Å². The van der Waals surface area contributed by atoms with E-state index in [0.717, 1.165) is 19.0 Å². The Kier molecular flexibility index (Phi) is 3.98. The molecule has 1 atom stereocenters. The molecule has 0 saturated heterocycles. The maximum atomic E-state index is 5.08. The lowest BCUT2D eigenvalue weighted by Crippen LogP contribution is -2.37. The van der Waals surface area contributed by atoms with E-state index in [0.29, 0.717) is 12.6 Å². The molecule has 92 valence electrons. The Bertz CT molecular complexity index is 386. The zero-order valence-electron chi connectivity index (χ0n) is 10.4. The van der Waals surface area contributed by atoms with E-state index in [1.165, 1.54) is 11.1 Å². The molecule has 17 heavy (non-hydrogen) atoms. The third-order valence-corrected chi connectivity index (χ3v) is 2.70. The van der Waals surface area contributed by atoms with Crippen molar-refractivity contribution in [2.75, 3.05) is 13.7 Å². The summed E-state index contributed by atoms with van der Waals surface area (Å²) >= 11 is 0. The van der Waals surface area contributed by atoms with Gasteiger partial charge in [-0.2, -0.15) is 0 Å². The average molecular weight is 233 g/mol. The van der Waals surface area contributed by atoms with Crippen LogP contribution in [0.5, 0.6) is 0 Å². The Morgan fingerprint density at radius 3 is 2.65 bits per heavy atom. The highest BCUT2D eigenvalue weighted by molar-refractivity contribution is 5.81. The van der Waals surface area contributed by atoms with Crippen LogP contribution in [0.15, 0.2) is 29.3 Å². The number of ether oxygens (including phenoxy) is 1. The van der Waals surface area contributed by atoms with Gasteiger partial charge in [-0.05, 0) is 18.1 Å². The zero-order valence-corrected chi connectivity index (χ0v) is 10.4. The van der Waals surface area contributed by atoms with E-state index in [2.05, 4.69) is 46.8 Å². The quantitative estimate of drug-likeness (QED) is 0.823. The SMILES string of the molecule is COCc1ccc(CNC2=NCC(C)N2)cc1. The van der Waals surface area contributed by atoms with Crippen molar-refractivity contribution < 1.29 is 4.74 Å². The van der Waals surface area contributed by atoms with Crippen molar-refractivity contribution in [1.82, 2.24) is 10.6 Å². The summed E-state index contributed by atoms with van der Waals surface area (Å²) < 4.78 is 5.08. The van der Waals surface area contributed by atoms with Crippen molar-refractivity contribution in [3.63, 3.8) is 0 Å². The number of benzene rings is 1. The maximum absolute atomic E-state index is 5.08. The van der Waals surface area contributed by atoms with Gasteiger partial charge in [0.05, 0.1) is 13.2 Å². The molecular weight excluding hydrogens is 214 g/mol. The van der Waals surface area contributed by atoms with Gasteiger partial charge in [-0.3, -0.25) is 4.99 Å². The molecule has 0 radical (unpaired) electrons. The van der Waals surface area contributed by atoms with E-state index in [1.54, 1.807) is 7.11 Å². The zero-order chi connectivity index (χ0) is 12.1. The topological polar surface area (TPSA) is 45.6 Å². The summed E-state index contributed by atoms with van der Waals surface area (Å²) in [6.45, 7) is 4.44. The molecule has 2 N–H and O–H groups in total. The molecule has 1 aromatic rings.